The Bertz CT molecular complexity index is 1230. The van der Waals surface area contributed by atoms with Gasteiger partial charge in [0.25, 0.3) is 5.91 Å². The Balaban J connectivity index is 1.61. The second-order valence-corrected chi connectivity index (χ2v) is 6.36. The molecule has 29 heavy (non-hydrogen) atoms. The van der Waals surface area contributed by atoms with E-state index in [0.29, 0.717) is 17.8 Å². The van der Waals surface area contributed by atoms with Crippen LogP contribution in [0.2, 0.25) is 0 Å². The van der Waals surface area contributed by atoms with E-state index in [9.17, 15) is 14.7 Å². The number of aromatic amines is 1. The fraction of sp³-hybridized carbons (Fsp3) is 0.0476. The van der Waals surface area contributed by atoms with Gasteiger partial charge in [-0.15, -0.1) is 0 Å². The lowest BCUT2D eigenvalue weighted by Gasteiger charge is -2.06. The van der Waals surface area contributed by atoms with E-state index in [0.717, 1.165) is 11.1 Å². The van der Waals surface area contributed by atoms with Crippen molar-refractivity contribution in [1.82, 2.24) is 15.0 Å². The summed E-state index contributed by atoms with van der Waals surface area (Å²) in [5, 5.41) is 11.9. The number of carbonyl (C=O) groups is 2. The summed E-state index contributed by atoms with van der Waals surface area (Å²) >= 11 is 0. The van der Waals surface area contributed by atoms with Gasteiger partial charge in [0.2, 0.25) is 5.95 Å². The number of aromatic carboxylic acids is 1. The number of nitrogens with two attached hydrogens (primary N) is 1. The van der Waals surface area contributed by atoms with Gasteiger partial charge in [-0.1, -0.05) is 30.3 Å². The van der Waals surface area contributed by atoms with Crippen LogP contribution in [0.3, 0.4) is 0 Å². The van der Waals surface area contributed by atoms with Crippen LogP contribution in [0.1, 0.15) is 26.4 Å². The van der Waals surface area contributed by atoms with Crippen molar-refractivity contribution >= 4 is 28.9 Å². The number of carbonyl (C=O) groups excluding carboxylic acids is 1. The number of hydrogen-bond acceptors (Lipinski definition) is 5. The van der Waals surface area contributed by atoms with Crippen molar-refractivity contribution in [3.05, 3.63) is 77.5 Å². The van der Waals surface area contributed by atoms with Crippen LogP contribution >= 0.6 is 0 Å². The van der Waals surface area contributed by atoms with Crippen molar-refractivity contribution in [3.8, 4) is 11.3 Å². The molecule has 0 unspecified atom stereocenters. The quantitative estimate of drug-likeness (QED) is 0.416. The van der Waals surface area contributed by atoms with Gasteiger partial charge in [0.15, 0.2) is 0 Å². The molecular formula is C21H17N5O3. The first kappa shape index (κ1) is 18.3. The van der Waals surface area contributed by atoms with Crippen LogP contribution in [0.25, 0.3) is 22.3 Å². The first-order valence-corrected chi connectivity index (χ1v) is 8.85. The van der Waals surface area contributed by atoms with E-state index in [1.54, 1.807) is 24.3 Å². The normalized spacial score (nSPS) is 10.8. The van der Waals surface area contributed by atoms with Gasteiger partial charge in [-0.05, 0) is 35.9 Å². The molecule has 0 saturated carbocycles. The van der Waals surface area contributed by atoms with Crippen molar-refractivity contribution in [2.75, 3.05) is 5.32 Å². The van der Waals surface area contributed by atoms with Crippen LogP contribution in [0.5, 0.6) is 0 Å². The number of nitrogens with one attached hydrogen (secondary N) is 2. The third-order valence-electron chi connectivity index (χ3n) is 4.42. The number of aromatic nitrogens is 3. The summed E-state index contributed by atoms with van der Waals surface area (Å²) in [5.74, 6) is -1.40. The summed E-state index contributed by atoms with van der Waals surface area (Å²) in [5.41, 5.74) is 9.21. The minimum atomic E-state index is -1.09. The van der Waals surface area contributed by atoms with E-state index in [-0.39, 0.29) is 22.7 Å². The molecule has 144 valence electrons. The van der Waals surface area contributed by atoms with E-state index >= 15 is 0 Å². The molecule has 1 amide bonds. The topological polar surface area (TPSA) is 134 Å². The molecule has 0 aliphatic rings. The molecule has 0 atom stereocenters. The van der Waals surface area contributed by atoms with Gasteiger partial charge in [0, 0.05) is 12.1 Å². The molecule has 2 aromatic carbocycles. The number of benzene rings is 2. The van der Waals surface area contributed by atoms with Gasteiger partial charge in [-0.3, -0.25) is 10.1 Å². The van der Waals surface area contributed by atoms with Gasteiger partial charge < -0.3 is 15.8 Å². The molecule has 0 radical (unpaired) electrons. The molecule has 0 spiro atoms. The second-order valence-electron chi connectivity index (χ2n) is 6.36. The molecule has 2 aromatic heterocycles. The number of H-pyrrole nitrogens is 1. The highest BCUT2D eigenvalue weighted by molar-refractivity contribution is 6.05. The minimum absolute atomic E-state index is 0.0548. The zero-order chi connectivity index (χ0) is 20.4. The lowest BCUT2D eigenvalue weighted by Crippen LogP contribution is -2.14. The summed E-state index contributed by atoms with van der Waals surface area (Å²) in [7, 11) is 0. The molecule has 0 saturated heterocycles. The molecule has 2 heterocycles. The van der Waals surface area contributed by atoms with E-state index < -0.39 is 11.9 Å². The Labute approximate surface area is 165 Å². The maximum atomic E-state index is 12.6. The number of carboxylic acids is 1. The standard InChI is InChI=1S/C21H17N5O3/c22-11-12-4-1-5-13(10-12)15-7-3-9-17(23-15)19(27)26-21-24-16-8-2-6-14(20(28)29)18(16)25-21/h1-10H,11,22H2,(H,28,29)(H2,24,25,26,27). The van der Waals surface area contributed by atoms with Gasteiger partial charge in [0.05, 0.1) is 16.8 Å². The van der Waals surface area contributed by atoms with Gasteiger partial charge in [-0.25, -0.2) is 14.8 Å². The van der Waals surface area contributed by atoms with Crippen LogP contribution < -0.4 is 11.1 Å². The highest BCUT2D eigenvalue weighted by atomic mass is 16.4. The molecule has 5 N–H and O–H groups in total. The van der Waals surface area contributed by atoms with Crippen LogP contribution in [-0.4, -0.2) is 31.9 Å². The Morgan fingerprint density at radius 3 is 2.62 bits per heavy atom. The van der Waals surface area contributed by atoms with Crippen molar-refractivity contribution in [2.24, 2.45) is 5.73 Å². The van der Waals surface area contributed by atoms with Gasteiger partial charge in [0.1, 0.15) is 11.2 Å². The maximum Gasteiger partial charge on any atom is 0.337 e. The molecule has 0 aliphatic carbocycles. The molecule has 0 bridgehead atoms. The number of pyridine rings is 1. The number of nitrogens with zero attached hydrogens (tertiary/aromatic N) is 2. The van der Waals surface area contributed by atoms with Crippen LogP contribution in [-0.2, 0) is 6.54 Å². The van der Waals surface area contributed by atoms with Crippen molar-refractivity contribution < 1.29 is 14.7 Å². The molecule has 0 fully saturated rings. The zero-order valence-electron chi connectivity index (χ0n) is 15.2. The predicted molar refractivity (Wildman–Crippen MR) is 109 cm³/mol. The first-order valence-electron chi connectivity index (χ1n) is 8.85. The van der Waals surface area contributed by atoms with E-state index in [4.69, 9.17) is 5.73 Å². The maximum absolute atomic E-state index is 12.6. The average molecular weight is 387 g/mol. The minimum Gasteiger partial charge on any atom is -0.478 e. The average Bonchev–Trinajstić information content (AvgIpc) is 3.16. The number of rotatable bonds is 5. The predicted octanol–water partition coefficient (Wildman–Crippen LogP) is 3.03. The van der Waals surface area contributed by atoms with Crippen LogP contribution in [0.15, 0.2) is 60.7 Å². The molecule has 4 rings (SSSR count). The Hall–Kier alpha value is -4.04. The Kier molecular flexibility index (Phi) is 4.76. The fourth-order valence-corrected chi connectivity index (χ4v) is 3.02. The van der Waals surface area contributed by atoms with Gasteiger partial charge in [-0.2, -0.15) is 0 Å². The van der Waals surface area contributed by atoms with Crippen molar-refractivity contribution in [2.45, 2.75) is 6.54 Å². The SMILES string of the molecule is NCc1cccc(-c2cccc(C(=O)Nc3nc4c(C(=O)O)cccc4[nH]3)n2)c1. The van der Waals surface area contributed by atoms with E-state index in [2.05, 4.69) is 20.3 Å². The summed E-state index contributed by atoms with van der Waals surface area (Å²) in [6.45, 7) is 0.415. The lowest BCUT2D eigenvalue weighted by molar-refractivity contribution is 0.0698. The Morgan fingerprint density at radius 2 is 1.83 bits per heavy atom. The number of imidazole rings is 1. The van der Waals surface area contributed by atoms with Crippen molar-refractivity contribution in [1.29, 1.82) is 0 Å². The summed E-state index contributed by atoms with van der Waals surface area (Å²) in [6.07, 6.45) is 0. The summed E-state index contributed by atoms with van der Waals surface area (Å²) < 4.78 is 0. The third-order valence-corrected chi connectivity index (χ3v) is 4.42. The van der Waals surface area contributed by atoms with E-state index in [1.807, 2.05) is 30.3 Å². The molecule has 4 aromatic rings. The summed E-state index contributed by atoms with van der Waals surface area (Å²) in [6, 6.07) is 17.5. The molecular weight excluding hydrogens is 370 g/mol. The lowest BCUT2D eigenvalue weighted by atomic mass is 10.1. The highest BCUT2D eigenvalue weighted by Gasteiger charge is 2.15. The summed E-state index contributed by atoms with van der Waals surface area (Å²) in [4.78, 5) is 35.5. The number of fused-ring (bicyclic) bond motifs is 1. The second kappa shape index (κ2) is 7.53. The molecule has 8 nitrogen and oxygen atoms in total. The smallest absolute Gasteiger partial charge is 0.337 e. The number of para-hydroxylation sites is 1. The van der Waals surface area contributed by atoms with Crippen LogP contribution in [0, 0.1) is 0 Å². The first-order chi connectivity index (χ1) is 14.0. The molecule has 8 heteroatoms. The van der Waals surface area contributed by atoms with E-state index in [1.165, 1.54) is 6.07 Å². The van der Waals surface area contributed by atoms with Crippen molar-refractivity contribution in [3.63, 3.8) is 0 Å². The Morgan fingerprint density at radius 1 is 1.03 bits per heavy atom. The number of amides is 1. The van der Waals surface area contributed by atoms with Gasteiger partial charge >= 0.3 is 5.97 Å². The zero-order valence-corrected chi connectivity index (χ0v) is 15.2. The third kappa shape index (κ3) is 3.69. The fourth-order valence-electron chi connectivity index (χ4n) is 3.02. The van der Waals surface area contributed by atoms with Crippen LogP contribution in [0.4, 0.5) is 5.95 Å². The largest absolute Gasteiger partial charge is 0.478 e. The number of anilines is 1. The number of hydrogen-bond donors (Lipinski definition) is 4. The molecule has 0 aliphatic heterocycles. The highest BCUT2D eigenvalue weighted by Crippen LogP contribution is 2.21. The monoisotopic (exact) mass is 387 g/mol. The number of carboxylic acid groups (broad SMARTS) is 1.